The van der Waals surface area contributed by atoms with Gasteiger partial charge in [-0.05, 0) is 92.3 Å². The fourth-order valence-corrected chi connectivity index (χ4v) is 8.12. The first-order chi connectivity index (χ1) is 15.7. The summed E-state index contributed by atoms with van der Waals surface area (Å²) in [5.74, 6) is 1.61. The zero-order valence-corrected chi connectivity index (χ0v) is 20.3. The van der Waals surface area contributed by atoms with E-state index >= 15 is 0 Å². The molecule has 0 spiro atoms. The van der Waals surface area contributed by atoms with Crippen LogP contribution in [-0.4, -0.2) is 30.3 Å². The molecule has 33 heavy (non-hydrogen) atoms. The Morgan fingerprint density at radius 1 is 1.06 bits per heavy atom. The largest absolute Gasteiger partial charge is 0.328 e. The third-order valence-corrected chi connectivity index (χ3v) is 9.42. The molecule has 9 heteroatoms. The van der Waals surface area contributed by atoms with Gasteiger partial charge in [0, 0.05) is 14.1 Å². The van der Waals surface area contributed by atoms with Gasteiger partial charge in [-0.15, -0.1) is 0 Å². The van der Waals surface area contributed by atoms with Gasteiger partial charge in [0.1, 0.15) is 0 Å². The van der Waals surface area contributed by atoms with Gasteiger partial charge in [0.2, 0.25) is 5.91 Å². The van der Waals surface area contributed by atoms with E-state index in [-0.39, 0.29) is 22.9 Å². The molecule has 5 aliphatic rings. The average molecular weight is 483 g/mol. The lowest BCUT2D eigenvalue weighted by Crippen LogP contribution is -2.57. The Hall–Kier alpha value is -2.39. The van der Waals surface area contributed by atoms with Crippen molar-refractivity contribution in [2.45, 2.75) is 38.5 Å². The summed E-state index contributed by atoms with van der Waals surface area (Å²) in [5.41, 5.74) is 4.88. The Morgan fingerprint density at radius 2 is 1.67 bits per heavy atom. The van der Waals surface area contributed by atoms with Crippen LogP contribution in [-0.2, 0) is 23.7 Å². The molecule has 4 bridgehead atoms. The number of amides is 2. The van der Waals surface area contributed by atoms with E-state index in [0.29, 0.717) is 27.0 Å². The van der Waals surface area contributed by atoms with Crippen molar-refractivity contribution in [3.63, 3.8) is 0 Å². The van der Waals surface area contributed by atoms with Gasteiger partial charge in [-0.25, -0.2) is 4.79 Å². The van der Waals surface area contributed by atoms with E-state index in [0.717, 1.165) is 35.9 Å². The van der Waals surface area contributed by atoms with Gasteiger partial charge < -0.3 is 0 Å². The molecule has 7 rings (SSSR count). The monoisotopic (exact) mass is 482 g/mol. The third-order valence-electron chi connectivity index (χ3n) is 8.12. The summed E-state index contributed by atoms with van der Waals surface area (Å²) in [7, 11) is 3.47. The molecular weight excluding hydrogens is 456 g/mol. The van der Waals surface area contributed by atoms with Crippen molar-refractivity contribution in [3.8, 4) is 0 Å². The molecule has 2 aromatic rings. The maximum absolute atomic E-state index is 13.4. The zero-order valence-electron chi connectivity index (χ0n) is 18.7. The number of thioether (sulfide) groups is 1. The van der Waals surface area contributed by atoms with Crippen LogP contribution in [0.15, 0.2) is 27.9 Å². The maximum atomic E-state index is 13.4. The lowest BCUT2D eigenvalue weighted by molar-refractivity contribution is -0.152. The number of hydrogen-bond donors (Lipinski definition) is 1. The minimum absolute atomic E-state index is 0.0418. The van der Waals surface area contributed by atoms with Crippen molar-refractivity contribution in [3.05, 3.63) is 39.2 Å². The quantitative estimate of drug-likeness (QED) is 0.537. The molecule has 1 aromatic heterocycles. The number of hydrazine groups is 1. The first-order valence-corrected chi connectivity index (χ1v) is 12.7. The van der Waals surface area contributed by atoms with Crippen LogP contribution in [0.4, 0.5) is 0 Å². The number of aryl methyl sites for hydroxylation is 2. The Labute approximate surface area is 201 Å². The summed E-state index contributed by atoms with van der Waals surface area (Å²) < 4.78 is 3.53. The number of aromatic nitrogens is 2. The van der Waals surface area contributed by atoms with Crippen molar-refractivity contribution in [2.75, 3.05) is 0 Å². The number of imidazole rings is 1. The number of carbonyl (C=O) groups is 2. The van der Waals surface area contributed by atoms with Gasteiger partial charge >= 0.3 is 5.69 Å². The van der Waals surface area contributed by atoms with Crippen molar-refractivity contribution < 1.29 is 9.59 Å². The van der Waals surface area contributed by atoms with E-state index in [2.05, 4.69) is 5.43 Å². The highest BCUT2D eigenvalue weighted by Crippen LogP contribution is 2.60. The van der Waals surface area contributed by atoms with Crippen LogP contribution in [0.5, 0.6) is 0 Å². The Balaban J connectivity index is 1.24. The second-order valence-corrected chi connectivity index (χ2v) is 12.0. The van der Waals surface area contributed by atoms with Crippen LogP contribution in [0.1, 0.15) is 44.1 Å². The first-order valence-electron chi connectivity index (χ1n) is 11.5. The smallest absolute Gasteiger partial charge is 0.295 e. The third kappa shape index (κ3) is 3.23. The summed E-state index contributed by atoms with van der Waals surface area (Å²) in [5, 5.41) is 1.25. The van der Waals surface area contributed by atoms with Crippen molar-refractivity contribution in [1.29, 1.82) is 0 Å². The molecule has 2 amide bonds. The number of carbonyl (C=O) groups excluding carboxylic acids is 2. The van der Waals surface area contributed by atoms with E-state index in [1.807, 2.05) is 18.2 Å². The molecule has 5 fully saturated rings. The summed E-state index contributed by atoms with van der Waals surface area (Å²) in [6.45, 7) is 0. The number of nitrogens with one attached hydrogen (secondary N) is 1. The fraction of sp³-hybridized carbons (Fsp3) is 0.500. The molecule has 0 radical (unpaired) electrons. The summed E-state index contributed by atoms with van der Waals surface area (Å²) >= 11 is 6.65. The highest BCUT2D eigenvalue weighted by Gasteiger charge is 2.55. The number of fused-ring (bicyclic) bond motifs is 1. The fourth-order valence-electron chi connectivity index (χ4n) is 6.94. The van der Waals surface area contributed by atoms with E-state index in [1.165, 1.54) is 36.0 Å². The minimum Gasteiger partial charge on any atom is -0.295 e. The molecule has 4 saturated carbocycles. The number of hydrogen-bond acceptors (Lipinski definition) is 5. The summed E-state index contributed by atoms with van der Waals surface area (Å²) in [6.07, 6.45) is 8.35. The molecule has 1 aliphatic heterocycles. The summed E-state index contributed by atoms with van der Waals surface area (Å²) in [6, 6.07) is 5.64. The van der Waals surface area contributed by atoms with Crippen LogP contribution in [0.2, 0.25) is 0 Å². The number of rotatable bonds is 3. The van der Waals surface area contributed by atoms with Crippen LogP contribution in [0.3, 0.4) is 0 Å². The van der Waals surface area contributed by atoms with Gasteiger partial charge in [-0.1, -0.05) is 17.8 Å². The summed E-state index contributed by atoms with van der Waals surface area (Å²) in [4.78, 5) is 39.2. The van der Waals surface area contributed by atoms with Crippen LogP contribution in [0, 0.1) is 23.2 Å². The molecule has 2 heterocycles. The highest BCUT2D eigenvalue weighted by molar-refractivity contribution is 8.26. The highest BCUT2D eigenvalue weighted by atomic mass is 32.2. The van der Waals surface area contributed by atoms with E-state index < -0.39 is 0 Å². The van der Waals surface area contributed by atoms with E-state index in [4.69, 9.17) is 12.2 Å². The van der Waals surface area contributed by atoms with Crippen molar-refractivity contribution in [2.24, 2.45) is 37.3 Å². The Morgan fingerprint density at radius 3 is 2.30 bits per heavy atom. The SMILES string of the molecule is Cn1c(=O)n(C)c2cc(C=C3SC(=S)N(NC(=O)C45CC6CC(CC(C6)C4)C5)C3=O)ccc21. The molecular formula is C24H26N4O3S2. The van der Waals surface area contributed by atoms with Crippen LogP contribution >= 0.6 is 24.0 Å². The predicted octanol–water partition coefficient (Wildman–Crippen LogP) is 3.33. The van der Waals surface area contributed by atoms with Gasteiger partial charge in [-0.3, -0.25) is 24.1 Å². The van der Waals surface area contributed by atoms with Crippen molar-refractivity contribution >= 4 is 57.2 Å². The zero-order chi connectivity index (χ0) is 23.1. The lowest BCUT2D eigenvalue weighted by Gasteiger charge is -2.55. The van der Waals surface area contributed by atoms with Crippen LogP contribution in [0.25, 0.3) is 17.1 Å². The van der Waals surface area contributed by atoms with Gasteiger partial charge in [-0.2, -0.15) is 5.01 Å². The molecule has 1 aromatic carbocycles. The Bertz CT molecular complexity index is 1290. The number of benzene rings is 1. The standard InChI is InChI=1S/C24H26N4O3S2/c1-26-17-4-3-13(8-18(17)27(2)22(26)31)9-19-20(29)28(23(32)33-19)25-21(30)24-10-14-5-15(11-24)7-16(6-14)12-24/h3-4,8-9,14-16H,5-7,10-12H2,1-2H3,(H,25,30). The number of thiocarbonyl (C=S) groups is 1. The van der Waals surface area contributed by atoms with Crippen molar-refractivity contribution in [1.82, 2.24) is 19.6 Å². The van der Waals surface area contributed by atoms with Gasteiger partial charge in [0.15, 0.2) is 4.32 Å². The van der Waals surface area contributed by atoms with Crippen LogP contribution < -0.4 is 11.1 Å². The Kier molecular flexibility index (Phi) is 4.68. The molecule has 7 nitrogen and oxygen atoms in total. The topological polar surface area (TPSA) is 76.3 Å². The van der Waals surface area contributed by atoms with E-state index in [1.54, 1.807) is 29.3 Å². The first kappa shape index (κ1) is 21.2. The predicted molar refractivity (Wildman–Crippen MR) is 132 cm³/mol. The normalized spacial score (nSPS) is 31.9. The molecule has 4 aliphatic carbocycles. The van der Waals surface area contributed by atoms with E-state index in [9.17, 15) is 14.4 Å². The molecule has 1 saturated heterocycles. The second-order valence-electron chi connectivity index (χ2n) is 10.3. The molecule has 0 unspecified atom stereocenters. The van der Waals surface area contributed by atoms with Gasteiger partial charge in [0.25, 0.3) is 5.91 Å². The average Bonchev–Trinajstić information content (AvgIpc) is 3.15. The maximum Gasteiger partial charge on any atom is 0.328 e. The van der Waals surface area contributed by atoms with Gasteiger partial charge in [0.05, 0.1) is 21.4 Å². The second kappa shape index (κ2) is 7.30. The molecule has 172 valence electrons. The number of nitrogens with zero attached hydrogens (tertiary/aromatic N) is 3. The molecule has 0 atom stereocenters. The molecule has 1 N–H and O–H groups in total. The lowest BCUT2D eigenvalue weighted by atomic mass is 9.49. The minimum atomic E-state index is -0.342.